The van der Waals surface area contributed by atoms with Gasteiger partial charge in [0.25, 0.3) is 0 Å². The average Bonchev–Trinajstić information content (AvgIpc) is 3.10. The van der Waals surface area contributed by atoms with Gasteiger partial charge >= 0.3 is 12.0 Å². The molecular formula is C11H21N3O5S. The third kappa shape index (κ3) is 6.71. The first-order chi connectivity index (χ1) is 9.34. The van der Waals surface area contributed by atoms with Crippen LogP contribution in [0.2, 0.25) is 0 Å². The normalized spacial score (nSPS) is 16.4. The number of urea groups is 1. The molecule has 1 atom stereocenters. The fourth-order valence-corrected chi connectivity index (χ4v) is 2.79. The monoisotopic (exact) mass is 307 g/mol. The van der Waals surface area contributed by atoms with Crippen molar-refractivity contribution in [2.24, 2.45) is 5.92 Å². The number of carbonyl (C=O) groups excluding carboxylic acids is 1. The molecule has 116 valence electrons. The van der Waals surface area contributed by atoms with Crippen molar-refractivity contribution in [1.29, 1.82) is 0 Å². The van der Waals surface area contributed by atoms with Crippen molar-refractivity contribution in [2.75, 3.05) is 18.8 Å². The lowest BCUT2D eigenvalue weighted by Crippen LogP contribution is -2.45. The van der Waals surface area contributed by atoms with E-state index in [1.807, 2.05) is 0 Å². The van der Waals surface area contributed by atoms with E-state index in [0.717, 1.165) is 12.8 Å². The third-order valence-corrected chi connectivity index (χ3v) is 4.39. The number of hydrogen-bond donors (Lipinski definition) is 4. The van der Waals surface area contributed by atoms with Crippen LogP contribution in [0.4, 0.5) is 4.79 Å². The number of sulfonamides is 1. The van der Waals surface area contributed by atoms with Crippen LogP contribution in [0.25, 0.3) is 0 Å². The molecule has 0 spiro atoms. The van der Waals surface area contributed by atoms with Gasteiger partial charge < -0.3 is 15.7 Å². The summed E-state index contributed by atoms with van der Waals surface area (Å²) in [6, 6.07) is -0.923. The summed E-state index contributed by atoms with van der Waals surface area (Å²) in [6.45, 7) is 1.95. The highest BCUT2D eigenvalue weighted by Crippen LogP contribution is 2.33. The summed E-state index contributed by atoms with van der Waals surface area (Å²) in [5.41, 5.74) is 0. The molecule has 1 aliphatic carbocycles. The van der Waals surface area contributed by atoms with Crippen LogP contribution in [-0.4, -0.2) is 50.4 Å². The van der Waals surface area contributed by atoms with Crippen LogP contribution in [0.15, 0.2) is 0 Å². The zero-order valence-electron chi connectivity index (χ0n) is 11.4. The second-order valence-corrected chi connectivity index (χ2v) is 6.69. The summed E-state index contributed by atoms with van der Waals surface area (Å²) in [5.74, 6) is -0.958. The Bertz CT molecular complexity index is 447. The fraction of sp³-hybridized carbons (Fsp3) is 0.818. The molecule has 0 aliphatic heterocycles. The number of nitrogens with one attached hydrogen (secondary N) is 3. The Morgan fingerprint density at radius 1 is 1.35 bits per heavy atom. The van der Waals surface area contributed by atoms with Gasteiger partial charge in [-0.3, -0.25) is 4.79 Å². The van der Waals surface area contributed by atoms with E-state index in [9.17, 15) is 18.0 Å². The molecule has 1 unspecified atom stereocenters. The van der Waals surface area contributed by atoms with Gasteiger partial charge in [0.15, 0.2) is 0 Å². The molecular weight excluding hydrogens is 286 g/mol. The van der Waals surface area contributed by atoms with Gasteiger partial charge in [-0.1, -0.05) is 6.92 Å². The quantitative estimate of drug-likeness (QED) is 0.456. The van der Waals surface area contributed by atoms with Gasteiger partial charge in [0.1, 0.15) is 0 Å². The first kappa shape index (κ1) is 16.7. The van der Waals surface area contributed by atoms with Crippen molar-refractivity contribution in [3.63, 3.8) is 0 Å². The standard InChI is InChI=1S/C11H21N3O5S/c1-2-13-20(18,19)6-5-12-11(17)14-9(7-10(15)16)8-3-4-8/h8-9,13H,2-7H2,1H3,(H,15,16)(H2,12,14,17). The summed E-state index contributed by atoms with van der Waals surface area (Å²) < 4.78 is 25.0. The third-order valence-electron chi connectivity index (χ3n) is 2.92. The van der Waals surface area contributed by atoms with Crippen LogP contribution in [-0.2, 0) is 14.8 Å². The number of rotatable bonds is 9. The van der Waals surface area contributed by atoms with Gasteiger partial charge in [-0.05, 0) is 18.8 Å². The minimum absolute atomic E-state index is 0.0222. The Hall–Kier alpha value is -1.35. The lowest BCUT2D eigenvalue weighted by atomic mass is 10.1. The maximum absolute atomic E-state index is 11.6. The van der Waals surface area contributed by atoms with E-state index in [1.54, 1.807) is 6.92 Å². The molecule has 1 rings (SSSR count). The van der Waals surface area contributed by atoms with Gasteiger partial charge in [-0.2, -0.15) is 0 Å². The smallest absolute Gasteiger partial charge is 0.315 e. The molecule has 0 aromatic rings. The van der Waals surface area contributed by atoms with Crippen LogP contribution in [0, 0.1) is 5.92 Å². The number of aliphatic carboxylic acids is 1. The molecule has 0 heterocycles. The number of carboxylic acid groups (broad SMARTS) is 1. The molecule has 0 saturated heterocycles. The maximum atomic E-state index is 11.6. The second kappa shape index (κ2) is 7.44. The van der Waals surface area contributed by atoms with Crippen molar-refractivity contribution < 1.29 is 23.1 Å². The number of amides is 2. The Morgan fingerprint density at radius 2 is 2.00 bits per heavy atom. The van der Waals surface area contributed by atoms with E-state index < -0.39 is 28.1 Å². The lowest BCUT2D eigenvalue weighted by Gasteiger charge is -2.16. The van der Waals surface area contributed by atoms with E-state index >= 15 is 0 Å². The predicted molar refractivity (Wildman–Crippen MR) is 72.8 cm³/mol. The molecule has 1 saturated carbocycles. The molecule has 0 radical (unpaired) electrons. The zero-order chi connectivity index (χ0) is 15.2. The molecule has 1 fully saturated rings. The van der Waals surface area contributed by atoms with Gasteiger partial charge in [0, 0.05) is 19.1 Å². The highest BCUT2D eigenvalue weighted by molar-refractivity contribution is 7.89. The summed E-state index contributed by atoms with van der Waals surface area (Å²) >= 11 is 0. The summed E-state index contributed by atoms with van der Waals surface area (Å²) in [5, 5.41) is 13.8. The van der Waals surface area contributed by atoms with Crippen molar-refractivity contribution >= 4 is 22.0 Å². The Morgan fingerprint density at radius 3 is 2.50 bits per heavy atom. The first-order valence-corrected chi connectivity index (χ1v) is 8.22. The fourth-order valence-electron chi connectivity index (χ4n) is 1.83. The van der Waals surface area contributed by atoms with Crippen molar-refractivity contribution in [3.05, 3.63) is 0 Å². The molecule has 1 aliphatic rings. The highest BCUT2D eigenvalue weighted by atomic mass is 32.2. The highest BCUT2D eigenvalue weighted by Gasteiger charge is 2.33. The van der Waals surface area contributed by atoms with Crippen molar-refractivity contribution in [3.8, 4) is 0 Å². The van der Waals surface area contributed by atoms with Crippen molar-refractivity contribution in [1.82, 2.24) is 15.4 Å². The second-order valence-electron chi connectivity index (χ2n) is 4.76. The van der Waals surface area contributed by atoms with E-state index in [1.165, 1.54) is 0 Å². The summed E-state index contributed by atoms with van der Waals surface area (Å²) in [6.07, 6.45) is 1.70. The largest absolute Gasteiger partial charge is 0.481 e. The van der Waals surface area contributed by atoms with E-state index in [4.69, 9.17) is 5.11 Å². The number of carboxylic acids is 1. The van der Waals surface area contributed by atoms with E-state index in [-0.39, 0.29) is 24.6 Å². The van der Waals surface area contributed by atoms with E-state index in [0.29, 0.717) is 6.54 Å². The summed E-state index contributed by atoms with van der Waals surface area (Å²) in [7, 11) is -3.37. The van der Waals surface area contributed by atoms with Crippen LogP contribution in [0.1, 0.15) is 26.2 Å². The first-order valence-electron chi connectivity index (χ1n) is 6.57. The average molecular weight is 307 g/mol. The summed E-state index contributed by atoms with van der Waals surface area (Å²) in [4.78, 5) is 22.3. The lowest BCUT2D eigenvalue weighted by molar-refractivity contribution is -0.137. The molecule has 0 bridgehead atoms. The van der Waals surface area contributed by atoms with Gasteiger partial charge in [-0.25, -0.2) is 17.9 Å². The van der Waals surface area contributed by atoms with Crippen LogP contribution >= 0.6 is 0 Å². The minimum Gasteiger partial charge on any atom is -0.481 e. The molecule has 0 aromatic heterocycles. The Labute approximate surface area is 118 Å². The van der Waals surface area contributed by atoms with Gasteiger partial charge in [-0.15, -0.1) is 0 Å². The predicted octanol–water partition coefficient (Wildman–Crippen LogP) is -0.522. The number of carbonyl (C=O) groups is 2. The molecule has 20 heavy (non-hydrogen) atoms. The van der Waals surface area contributed by atoms with Crippen LogP contribution < -0.4 is 15.4 Å². The zero-order valence-corrected chi connectivity index (χ0v) is 12.2. The van der Waals surface area contributed by atoms with E-state index in [2.05, 4.69) is 15.4 Å². The molecule has 2 amide bonds. The van der Waals surface area contributed by atoms with Gasteiger partial charge in [0.2, 0.25) is 10.0 Å². The molecule has 8 nitrogen and oxygen atoms in total. The molecule has 9 heteroatoms. The molecule has 0 aromatic carbocycles. The SMILES string of the molecule is CCNS(=O)(=O)CCNC(=O)NC(CC(=O)O)C1CC1. The number of hydrogen-bond acceptors (Lipinski definition) is 4. The van der Waals surface area contributed by atoms with Crippen LogP contribution in [0.5, 0.6) is 0 Å². The topological polar surface area (TPSA) is 125 Å². The van der Waals surface area contributed by atoms with Crippen molar-refractivity contribution in [2.45, 2.75) is 32.2 Å². The molecule has 4 N–H and O–H groups in total. The Kier molecular flexibility index (Phi) is 6.21. The van der Waals surface area contributed by atoms with Crippen LogP contribution in [0.3, 0.4) is 0 Å². The Balaban J connectivity index is 2.30. The maximum Gasteiger partial charge on any atom is 0.315 e. The van der Waals surface area contributed by atoms with Gasteiger partial charge in [0.05, 0.1) is 12.2 Å². The minimum atomic E-state index is -3.37.